The second kappa shape index (κ2) is 8.59. The Hall–Kier alpha value is -2.62. The van der Waals surface area contributed by atoms with E-state index in [-0.39, 0.29) is 24.3 Å². The molecule has 0 bridgehead atoms. The zero-order valence-corrected chi connectivity index (χ0v) is 17.0. The van der Waals surface area contributed by atoms with E-state index in [0.29, 0.717) is 25.1 Å². The van der Waals surface area contributed by atoms with E-state index < -0.39 is 29.0 Å². The van der Waals surface area contributed by atoms with Crippen LogP contribution in [0.1, 0.15) is 52.8 Å². The molecule has 10 nitrogen and oxygen atoms in total. The third kappa shape index (κ3) is 5.44. The molecule has 0 radical (unpaired) electrons. The molecule has 0 fully saturated rings. The van der Waals surface area contributed by atoms with E-state index >= 15 is 0 Å². The smallest absolute Gasteiger partial charge is 0.408 e. The van der Waals surface area contributed by atoms with E-state index in [2.05, 4.69) is 15.3 Å². The molecule has 1 atom stereocenters. The number of ether oxygens (including phenoxy) is 1. The number of imidazole rings is 1. The molecule has 3 N–H and O–H groups in total. The van der Waals surface area contributed by atoms with Crippen molar-refractivity contribution in [2.45, 2.75) is 71.8 Å². The minimum Gasteiger partial charge on any atom is -0.444 e. The van der Waals surface area contributed by atoms with E-state index in [0.717, 1.165) is 4.57 Å². The quantitative estimate of drug-likeness (QED) is 0.599. The van der Waals surface area contributed by atoms with Crippen LogP contribution in [0, 0.1) is 0 Å². The number of aliphatic hydroxyl groups excluding tert-OH is 1. The van der Waals surface area contributed by atoms with Crippen molar-refractivity contribution >= 4 is 17.3 Å². The molecule has 0 spiro atoms. The third-order valence-corrected chi connectivity index (χ3v) is 4.08. The molecule has 0 aliphatic rings. The summed E-state index contributed by atoms with van der Waals surface area (Å²) in [6, 6.07) is 0. The molecule has 0 aliphatic carbocycles. The van der Waals surface area contributed by atoms with Gasteiger partial charge in [-0.05, 0) is 47.0 Å². The van der Waals surface area contributed by atoms with Gasteiger partial charge in [-0.15, -0.1) is 0 Å². The third-order valence-electron chi connectivity index (χ3n) is 4.08. The van der Waals surface area contributed by atoms with Crippen molar-refractivity contribution in [3.63, 3.8) is 0 Å². The molecule has 0 aromatic carbocycles. The summed E-state index contributed by atoms with van der Waals surface area (Å²) in [5.41, 5.74) is -1.09. The highest BCUT2D eigenvalue weighted by Gasteiger charge is 2.18. The van der Waals surface area contributed by atoms with E-state index in [1.54, 1.807) is 34.7 Å². The minimum absolute atomic E-state index is 0.0333. The van der Waals surface area contributed by atoms with Crippen molar-refractivity contribution in [1.82, 2.24) is 24.4 Å². The molecule has 0 saturated carbocycles. The molecule has 10 heteroatoms. The van der Waals surface area contributed by atoms with Gasteiger partial charge in [-0.25, -0.2) is 14.6 Å². The Kier molecular flexibility index (Phi) is 6.65. The Morgan fingerprint density at radius 3 is 2.61 bits per heavy atom. The standard InChI is InChI=1S/C18H29N5O5/c1-11(24)8-6-7-9-23-15(25)13-14(22(5)17(23)27)21-12(20-13)10-19-16(26)28-18(2,3)4/h11,24H,6-10H2,1-5H3,(H,19,26)(H,20,21)/t11-/m0/s1. The van der Waals surface area contributed by atoms with Crippen LogP contribution < -0.4 is 16.6 Å². The molecule has 2 rings (SSSR count). The van der Waals surface area contributed by atoms with Crippen LogP contribution in [-0.2, 0) is 24.9 Å². The number of aliphatic hydroxyl groups is 1. The summed E-state index contributed by atoms with van der Waals surface area (Å²) < 4.78 is 7.63. The SMILES string of the molecule is C[C@H](O)CCCCn1c(=O)c2[nH]c(CNC(=O)OC(C)(C)C)nc2n(C)c1=O. The molecular weight excluding hydrogens is 366 g/mol. The van der Waals surface area contributed by atoms with Gasteiger partial charge in [0, 0.05) is 13.6 Å². The lowest BCUT2D eigenvalue weighted by atomic mass is 10.2. The normalized spacial score (nSPS) is 12.9. The van der Waals surface area contributed by atoms with Crippen molar-refractivity contribution in [2.75, 3.05) is 0 Å². The molecule has 1 amide bonds. The van der Waals surface area contributed by atoms with Gasteiger partial charge in [0.1, 0.15) is 16.9 Å². The van der Waals surface area contributed by atoms with Gasteiger partial charge in [0.2, 0.25) is 0 Å². The second-order valence-electron chi connectivity index (χ2n) is 7.88. The summed E-state index contributed by atoms with van der Waals surface area (Å²) in [4.78, 5) is 44.1. The summed E-state index contributed by atoms with van der Waals surface area (Å²) in [6.45, 7) is 7.27. The topological polar surface area (TPSA) is 131 Å². The van der Waals surface area contributed by atoms with E-state index in [4.69, 9.17) is 4.74 Å². The van der Waals surface area contributed by atoms with Gasteiger partial charge in [0.05, 0.1) is 12.6 Å². The Morgan fingerprint density at radius 2 is 2.00 bits per heavy atom. The van der Waals surface area contributed by atoms with Gasteiger partial charge in [-0.1, -0.05) is 0 Å². The average molecular weight is 395 g/mol. The number of hydrogen-bond acceptors (Lipinski definition) is 6. The highest BCUT2D eigenvalue weighted by Crippen LogP contribution is 2.08. The lowest BCUT2D eigenvalue weighted by Gasteiger charge is -2.19. The number of amides is 1. The first-order valence-electron chi connectivity index (χ1n) is 9.33. The maximum Gasteiger partial charge on any atom is 0.408 e. The number of alkyl carbamates (subject to hydrolysis) is 1. The number of carbonyl (C=O) groups is 1. The first-order chi connectivity index (χ1) is 13.0. The average Bonchev–Trinajstić information content (AvgIpc) is 3.00. The number of rotatable bonds is 7. The number of H-pyrrole nitrogens is 1. The highest BCUT2D eigenvalue weighted by atomic mass is 16.6. The molecule has 156 valence electrons. The number of aromatic nitrogens is 4. The van der Waals surface area contributed by atoms with Gasteiger partial charge in [0.15, 0.2) is 5.65 Å². The van der Waals surface area contributed by atoms with Crippen LogP contribution >= 0.6 is 0 Å². The van der Waals surface area contributed by atoms with Crippen molar-refractivity contribution in [3.05, 3.63) is 26.7 Å². The van der Waals surface area contributed by atoms with Crippen LogP contribution in [0.5, 0.6) is 0 Å². The molecule has 2 heterocycles. The number of unbranched alkanes of at least 4 members (excludes halogenated alkanes) is 1. The number of nitrogens with zero attached hydrogens (tertiary/aromatic N) is 3. The summed E-state index contributed by atoms with van der Waals surface area (Å²) >= 11 is 0. The van der Waals surface area contributed by atoms with Crippen LogP contribution in [0.15, 0.2) is 9.59 Å². The molecule has 0 unspecified atom stereocenters. The van der Waals surface area contributed by atoms with Gasteiger partial charge in [0.25, 0.3) is 5.56 Å². The minimum atomic E-state index is -0.622. The van der Waals surface area contributed by atoms with Crippen LogP contribution in [0.3, 0.4) is 0 Å². The van der Waals surface area contributed by atoms with Crippen molar-refractivity contribution < 1.29 is 14.6 Å². The van der Waals surface area contributed by atoms with Crippen LogP contribution in [-0.4, -0.2) is 42.0 Å². The number of hydrogen-bond donors (Lipinski definition) is 3. The molecule has 2 aromatic heterocycles. The van der Waals surface area contributed by atoms with Crippen molar-refractivity contribution in [2.24, 2.45) is 7.05 Å². The van der Waals surface area contributed by atoms with Crippen LogP contribution in [0.2, 0.25) is 0 Å². The van der Waals surface area contributed by atoms with Gasteiger partial charge < -0.3 is 20.1 Å². The molecule has 28 heavy (non-hydrogen) atoms. The first kappa shape index (κ1) is 21.7. The van der Waals surface area contributed by atoms with Crippen LogP contribution in [0.4, 0.5) is 4.79 Å². The molecule has 0 aliphatic heterocycles. The number of aryl methyl sites for hydroxylation is 1. The number of nitrogens with one attached hydrogen (secondary N) is 2. The predicted molar refractivity (Wildman–Crippen MR) is 104 cm³/mol. The summed E-state index contributed by atoms with van der Waals surface area (Å²) in [6.07, 6.45) is 0.917. The largest absolute Gasteiger partial charge is 0.444 e. The zero-order valence-electron chi connectivity index (χ0n) is 17.0. The van der Waals surface area contributed by atoms with Crippen molar-refractivity contribution in [3.8, 4) is 0 Å². The summed E-state index contributed by atoms with van der Waals surface area (Å²) in [5, 5.41) is 11.9. The van der Waals surface area contributed by atoms with E-state index in [1.165, 1.54) is 4.57 Å². The maximum absolute atomic E-state index is 12.7. The van der Waals surface area contributed by atoms with E-state index in [9.17, 15) is 19.5 Å². The Bertz CT molecular complexity index is 948. The second-order valence-corrected chi connectivity index (χ2v) is 7.88. The lowest BCUT2D eigenvalue weighted by Crippen LogP contribution is -2.39. The van der Waals surface area contributed by atoms with Gasteiger partial charge in [-0.2, -0.15) is 0 Å². The Balaban J connectivity index is 2.19. The van der Waals surface area contributed by atoms with Gasteiger partial charge >= 0.3 is 11.8 Å². The highest BCUT2D eigenvalue weighted by molar-refractivity contribution is 5.70. The molecule has 0 saturated heterocycles. The summed E-state index contributed by atoms with van der Waals surface area (Å²) in [7, 11) is 1.54. The monoisotopic (exact) mass is 395 g/mol. The van der Waals surface area contributed by atoms with Gasteiger partial charge in [-0.3, -0.25) is 13.9 Å². The lowest BCUT2D eigenvalue weighted by molar-refractivity contribution is 0.0522. The van der Waals surface area contributed by atoms with Crippen LogP contribution in [0.25, 0.3) is 11.2 Å². The summed E-state index contributed by atoms with van der Waals surface area (Å²) in [5.74, 6) is 0.347. The number of carbonyl (C=O) groups excluding carboxylic acids is 1. The Labute approximate surface area is 162 Å². The van der Waals surface area contributed by atoms with Crippen molar-refractivity contribution in [1.29, 1.82) is 0 Å². The zero-order chi connectivity index (χ0) is 21.1. The Morgan fingerprint density at radius 1 is 1.32 bits per heavy atom. The number of fused-ring (bicyclic) bond motifs is 1. The fourth-order valence-electron chi connectivity index (χ4n) is 2.76. The van der Waals surface area contributed by atoms with E-state index in [1.807, 2.05) is 0 Å². The fourth-order valence-corrected chi connectivity index (χ4v) is 2.76. The first-order valence-corrected chi connectivity index (χ1v) is 9.33. The predicted octanol–water partition coefficient (Wildman–Crippen LogP) is 0.999. The fraction of sp³-hybridized carbons (Fsp3) is 0.667. The maximum atomic E-state index is 12.7. The molecule has 2 aromatic rings. The molecular formula is C18H29N5O5. The number of aromatic amines is 1.